The van der Waals surface area contributed by atoms with Gasteiger partial charge >= 0.3 is 5.97 Å². The van der Waals surface area contributed by atoms with Crippen LogP contribution >= 0.6 is 23.5 Å². The zero-order chi connectivity index (χ0) is 33.9. The van der Waals surface area contributed by atoms with Crippen LogP contribution in [0.4, 0.5) is 0 Å². The Bertz CT molecular complexity index is 851. The number of hydrogen-bond acceptors (Lipinski definition) is 5. The van der Waals surface area contributed by atoms with Gasteiger partial charge in [0, 0.05) is 17.9 Å². The first kappa shape index (κ1) is 43.2. The van der Waals surface area contributed by atoms with Gasteiger partial charge in [0.15, 0.2) is 0 Å². The lowest BCUT2D eigenvalue weighted by Crippen LogP contribution is -2.24. The molecule has 0 spiro atoms. The molecular formula is C41H74O3S2. The molecule has 1 aromatic rings. The molecule has 0 saturated carbocycles. The van der Waals surface area contributed by atoms with Gasteiger partial charge < -0.3 is 9.84 Å². The minimum absolute atomic E-state index is 0.0135. The number of aryl methyl sites for hydroxylation is 2. The molecule has 0 aliphatic rings. The Morgan fingerprint density at radius 2 is 1.11 bits per heavy atom. The maximum Gasteiger partial charge on any atom is 0.306 e. The number of rotatable bonds is 30. The van der Waals surface area contributed by atoms with Gasteiger partial charge in [0.05, 0.1) is 0 Å². The fraction of sp³-hybridized carbons (Fsp3) is 0.829. The lowest BCUT2D eigenvalue weighted by atomic mass is 9.83. The first-order chi connectivity index (χ1) is 22.2. The smallest absolute Gasteiger partial charge is 0.306 e. The third kappa shape index (κ3) is 22.7. The highest BCUT2D eigenvalue weighted by Gasteiger charge is 2.21. The van der Waals surface area contributed by atoms with Crippen molar-refractivity contribution in [3.63, 3.8) is 0 Å². The van der Waals surface area contributed by atoms with Crippen LogP contribution in [0.2, 0.25) is 0 Å². The van der Waals surface area contributed by atoms with E-state index in [0.717, 1.165) is 39.7 Å². The topological polar surface area (TPSA) is 46.5 Å². The van der Waals surface area contributed by atoms with Gasteiger partial charge in [-0.25, -0.2) is 0 Å². The predicted molar refractivity (Wildman–Crippen MR) is 208 cm³/mol. The van der Waals surface area contributed by atoms with Crippen LogP contribution in [0.1, 0.15) is 186 Å². The van der Waals surface area contributed by atoms with Crippen LogP contribution in [0.3, 0.4) is 0 Å². The summed E-state index contributed by atoms with van der Waals surface area (Å²) in [5, 5.41) is 10.6. The van der Waals surface area contributed by atoms with Gasteiger partial charge in [-0.2, -0.15) is 23.5 Å². The minimum Gasteiger partial charge on any atom is -0.507 e. The molecule has 1 N–H and O–H groups in total. The summed E-state index contributed by atoms with van der Waals surface area (Å²) in [5.41, 5.74) is 2.77. The molecule has 0 aliphatic carbocycles. The molecule has 1 rings (SSSR count). The Morgan fingerprint density at radius 1 is 0.696 bits per heavy atom. The summed E-state index contributed by atoms with van der Waals surface area (Å²) in [4.78, 5) is 13.0. The maximum atomic E-state index is 13.0. The number of aromatic hydroxyl groups is 1. The van der Waals surface area contributed by atoms with E-state index in [1.807, 2.05) is 36.5 Å². The fourth-order valence-corrected chi connectivity index (χ4v) is 8.19. The van der Waals surface area contributed by atoms with Gasteiger partial charge in [0.25, 0.3) is 0 Å². The zero-order valence-corrected chi connectivity index (χ0v) is 32.8. The standard InChI is InChI=1S/C41H74O3S2/c1-7-9-11-13-15-17-19-21-23-25-29-45-33-37(34-46-30-26-24-22-20-18-16-14-12-10-8-2)44-39(42)28-27-36-31-35(3)40(43)38(32-36)41(4,5)6/h31-32,37,43H,7-30,33-34H2,1-6H3. The van der Waals surface area contributed by atoms with Crippen molar-refractivity contribution in [2.24, 2.45) is 0 Å². The molecule has 0 bridgehead atoms. The van der Waals surface area contributed by atoms with E-state index in [4.69, 9.17) is 4.74 Å². The summed E-state index contributed by atoms with van der Waals surface area (Å²) in [6, 6.07) is 4.08. The summed E-state index contributed by atoms with van der Waals surface area (Å²) in [6.07, 6.45) is 28.3. The Morgan fingerprint density at radius 3 is 1.52 bits per heavy atom. The Kier molecular flexibility index (Phi) is 26.4. The van der Waals surface area contributed by atoms with Crippen molar-refractivity contribution in [3.8, 4) is 5.75 Å². The average molecular weight is 679 g/mol. The van der Waals surface area contributed by atoms with Crippen LogP contribution < -0.4 is 0 Å². The predicted octanol–water partition coefficient (Wildman–Crippen LogP) is 13.2. The molecule has 0 radical (unpaired) electrons. The summed E-state index contributed by atoms with van der Waals surface area (Å²) in [7, 11) is 0. The van der Waals surface area contributed by atoms with E-state index in [-0.39, 0.29) is 17.5 Å². The first-order valence-corrected chi connectivity index (χ1v) is 21.7. The molecule has 0 amide bonds. The van der Waals surface area contributed by atoms with Crippen molar-refractivity contribution in [1.82, 2.24) is 0 Å². The highest BCUT2D eigenvalue weighted by atomic mass is 32.2. The molecule has 0 aliphatic heterocycles. The van der Waals surface area contributed by atoms with Crippen LogP contribution in [-0.2, 0) is 21.4 Å². The molecule has 0 fully saturated rings. The largest absolute Gasteiger partial charge is 0.507 e. The Hall–Kier alpha value is -0.810. The quantitative estimate of drug-likeness (QED) is 0.0648. The zero-order valence-electron chi connectivity index (χ0n) is 31.2. The number of ether oxygens (including phenoxy) is 1. The van der Waals surface area contributed by atoms with E-state index >= 15 is 0 Å². The number of esters is 1. The fourth-order valence-electron chi connectivity index (χ4n) is 5.99. The molecule has 0 aromatic heterocycles. The van der Waals surface area contributed by atoms with E-state index in [1.54, 1.807) is 0 Å². The van der Waals surface area contributed by atoms with Crippen molar-refractivity contribution in [3.05, 3.63) is 28.8 Å². The first-order valence-electron chi connectivity index (χ1n) is 19.4. The Labute approximate surface area is 295 Å². The number of phenolic OH excluding ortho intramolecular Hbond substituents is 1. The number of carbonyl (C=O) groups excluding carboxylic acids is 1. The van der Waals surface area contributed by atoms with Crippen molar-refractivity contribution in [1.29, 1.82) is 0 Å². The van der Waals surface area contributed by atoms with Crippen molar-refractivity contribution in [2.75, 3.05) is 23.0 Å². The minimum atomic E-state index is -0.145. The van der Waals surface area contributed by atoms with E-state index < -0.39 is 0 Å². The van der Waals surface area contributed by atoms with Gasteiger partial charge in [0.1, 0.15) is 11.9 Å². The van der Waals surface area contributed by atoms with Crippen molar-refractivity contribution in [2.45, 2.75) is 194 Å². The number of unbranched alkanes of at least 4 members (excludes halogenated alkanes) is 18. The molecule has 46 heavy (non-hydrogen) atoms. The van der Waals surface area contributed by atoms with Gasteiger partial charge in [-0.15, -0.1) is 0 Å². The SMILES string of the molecule is CCCCCCCCCCCCSCC(CSCCCCCCCCCCCC)OC(=O)CCc1cc(C)c(O)c(C(C)(C)C)c1. The Balaban J connectivity index is 2.42. The number of carbonyl (C=O) groups is 1. The lowest BCUT2D eigenvalue weighted by Gasteiger charge is -2.23. The molecule has 0 unspecified atom stereocenters. The number of benzene rings is 1. The second kappa shape index (κ2) is 28.1. The number of thioether (sulfide) groups is 2. The van der Waals surface area contributed by atoms with E-state index in [9.17, 15) is 9.90 Å². The van der Waals surface area contributed by atoms with E-state index in [1.165, 1.54) is 128 Å². The van der Waals surface area contributed by atoms with E-state index in [0.29, 0.717) is 18.6 Å². The molecule has 0 heterocycles. The van der Waals surface area contributed by atoms with Gasteiger partial charge in [-0.3, -0.25) is 4.79 Å². The molecule has 1 aromatic carbocycles. The van der Waals surface area contributed by atoms with Crippen LogP contribution in [0, 0.1) is 6.92 Å². The van der Waals surface area contributed by atoms with Crippen LogP contribution in [-0.4, -0.2) is 40.2 Å². The molecule has 5 heteroatoms. The average Bonchev–Trinajstić information content (AvgIpc) is 3.01. The molecule has 268 valence electrons. The molecule has 0 saturated heterocycles. The summed E-state index contributed by atoms with van der Waals surface area (Å²) < 4.78 is 6.09. The normalized spacial score (nSPS) is 11.9. The molecule has 3 nitrogen and oxygen atoms in total. The highest BCUT2D eigenvalue weighted by molar-refractivity contribution is 8.00. The van der Waals surface area contributed by atoms with Gasteiger partial charge in [0.2, 0.25) is 0 Å². The monoisotopic (exact) mass is 679 g/mol. The van der Waals surface area contributed by atoms with Crippen LogP contribution in [0.15, 0.2) is 12.1 Å². The van der Waals surface area contributed by atoms with Crippen LogP contribution in [0.25, 0.3) is 0 Å². The molecular weight excluding hydrogens is 605 g/mol. The third-order valence-corrected chi connectivity index (χ3v) is 11.3. The number of hydrogen-bond donors (Lipinski definition) is 1. The summed E-state index contributed by atoms with van der Waals surface area (Å²) >= 11 is 3.94. The van der Waals surface area contributed by atoms with Gasteiger partial charge in [-0.05, 0) is 59.8 Å². The van der Waals surface area contributed by atoms with Crippen molar-refractivity contribution >= 4 is 29.5 Å². The maximum absolute atomic E-state index is 13.0. The third-order valence-electron chi connectivity index (χ3n) is 8.98. The summed E-state index contributed by atoms with van der Waals surface area (Å²) in [5.74, 6) is 4.41. The second-order valence-electron chi connectivity index (χ2n) is 14.7. The van der Waals surface area contributed by atoms with Crippen LogP contribution in [0.5, 0.6) is 5.75 Å². The van der Waals surface area contributed by atoms with Crippen molar-refractivity contribution < 1.29 is 14.6 Å². The highest BCUT2D eigenvalue weighted by Crippen LogP contribution is 2.34. The summed E-state index contributed by atoms with van der Waals surface area (Å²) in [6.45, 7) is 12.9. The second-order valence-corrected chi connectivity index (χ2v) is 17.0. The van der Waals surface area contributed by atoms with E-state index in [2.05, 4.69) is 40.7 Å². The van der Waals surface area contributed by atoms with Gasteiger partial charge in [-0.1, -0.05) is 162 Å². The molecule has 0 atom stereocenters. The number of phenols is 1. The lowest BCUT2D eigenvalue weighted by molar-refractivity contribution is -0.146.